The van der Waals surface area contributed by atoms with Gasteiger partial charge < -0.3 is 9.64 Å². The van der Waals surface area contributed by atoms with Crippen LogP contribution in [0.4, 0.5) is 5.69 Å². The summed E-state index contributed by atoms with van der Waals surface area (Å²) >= 11 is 0. The number of hydrogen-bond donors (Lipinski definition) is 0. The lowest BCUT2D eigenvalue weighted by Crippen LogP contribution is -2.26. The van der Waals surface area contributed by atoms with Gasteiger partial charge in [0, 0.05) is 6.04 Å². The molecule has 6 heteroatoms. The molecule has 1 aliphatic heterocycles. The third-order valence-electron chi connectivity index (χ3n) is 3.68. The largest absolute Gasteiger partial charge is 0.493 e. The molecule has 1 heterocycles. The zero-order valence-corrected chi connectivity index (χ0v) is 11.4. The van der Waals surface area contributed by atoms with Crippen molar-refractivity contribution < 1.29 is 9.66 Å². The highest BCUT2D eigenvalue weighted by molar-refractivity contribution is 5.52. The van der Waals surface area contributed by atoms with Crippen LogP contribution in [0, 0.1) is 21.4 Å². The fraction of sp³-hybridized carbons (Fsp3) is 0.500. The van der Waals surface area contributed by atoms with Gasteiger partial charge in [-0.05, 0) is 45.0 Å². The molecule has 0 N–H and O–H groups in total. The molecule has 1 aromatic rings. The second-order valence-electron chi connectivity index (χ2n) is 4.96. The Kier molecular flexibility index (Phi) is 4.53. The maximum atomic E-state index is 10.9. The molecular weight excluding hydrogens is 258 g/mol. The molecule has 6 nitrogen and oxygen atoms in total. The molecule has 1 saturated heterocycles. The Bertz CT molecular complexity index is 539. The molecule has 0 aliphatic carbocycles. The Morgan fingerprint density at radius 1 is 1.60 bits per heavy atom. The van der Waals surface area contributed by atoms with Crippen molar-refractivity contribution in [2.24, 2.45) is 0 Å². The van der Waals surface area contributed by atoms with E-state index in [0.29, 0.717) is 18.4 Å². The van der Waals surface area contributed by atoms with Gasteiger partial charge in [-0.3, -0.25) is 10.1 Å². The van der Waals surface area contributed by atoms with Gasteiger partial charge in [0.1, 0.15) is 17.4 Å². The maximum Gasteiger partial charge on any atom is 0.290 e. The van der Waals surface area contributed by atoms with E-state index in [2.05, 4.69) is 11.9 Å². The quantitative estimate of drug-likeness (QED) is 0.608. The van der Waals surface area contributed by atoms with E-state index < -0.39 is 4.92 Å². The molecule has 0 bridgehead atoms. The van der Waals surface area contributed by atoms with Gasteiger partial charge in [0.15, 0.2) is 0 Å². The van der Waals surface area contributed by atoms with Crippen LogP contribution in [0.2, 0.25) is 0 Å². The fourth-order valence-corrected chi connectivity index (χ4v) is 2.50. The first-order chi connectivity index (χ1) is 9.61. The van der Waals surface area contributed by atoms with Gasteiger partial charge >= 0.3 is 0 Å². The normalized spacial score (nSPS) is 18.7. The van der Waals surface area contributed by atoms with Gasteiger partial charge in [-0.15, -0.1) is 0 Å². The molecule has 20 heavy (non-hydrogen) atoms. The van der Waals surface area contributed by atoms with Crippen LogP contribution in [0.3, 0.4) is 0 Å². The Hall–Kier alpha value is -2.13. The summed E-state index contributed by atoms with van der Waals surface area (Å²) in [6.07, 6.45) is 3.29. The molecule has 0 spiro atoms. The Balaban J connectivity index is 1.95. The number of nitriles is 1. The molecule has 1 unspecified atom stereocenters. The maximum absolute atomic E-state index is 10.9. The Morgan fingerprint density at radius 3 is 3.00 bits per heavy atom. The number of ether oxygens (including phenoxy) is 1. The van der Waals surface area contributed by atoms with Crippen LogP contribution in [0.5, 0.6) is 5.75 Å². The van der Waals surface area contributed by atoms with Crippen LogP contribution in [0.25, 0.3) is 0 Å². The lowest BCUT2D eigenvalue weighted by molar-refractivity contribution is -0.385. The number of hydrogen-bond acceptors (Lipinski definition) is 5. The van der Waals surface area contributed by atoms with Crippen LogP contribution >= 0.6 is 0 Å². The summed E-state index contributed by atoms with van der Waals surface area (Å²) < 4.78 is 5.57. The standard InChI is InChI=1S/C14H17N3O3/c1-16-7-2-3-12(16)6-8-20-13-5-4-11(10-15)14(9-13)17(18)19/h4-5,9,12H,2-3,6-8H2,1H3. The summed E-state index contributed by atoms with van der Waals surface area (Å²) in [6.45, 7) is 1.64. The Morgan fingerprint density at radius 2 is 2.40 bits per heavy atom. The van der Waals surface area contributed by atoms with Gasteiger partial charge in [-0.25, -0.2) is 0 Å². The molecule has 1 atom stereocenters. The fourth-order valence-electron chi connectivity index (χ4n) is 2.50. The number of likely N-dealkylation sites (tertiary alicyclic amines) is 1. The molecule has 0 amide bonds. The monoisotopic (exact) mass is 275 g/mol. The third kappa shape index (κ3) is 3.25. The van der Waals surface area contributed by atoms with Gasteiger partial charge in [0.25, 0.3) is 5.69 Å². The second-order valence-corrected chi connectivity index (χ2v) is 4.96. The minimum atomic E-state index is -0.559. The van der Waals surface area contributed by atoms with Gasteiger partial charge in [0.05, 0.1) is 17.6 Å². The van der Waals surface area contributed by atoms with Crippen LogP contribution in [-0.4, -0.2) is 36.1 Å². The average Bonchev–Trinajstić information content (AvgIpc) is 2.84. The van der Waals surface area contributed by atoms with E-state index in [4.69, 9.17) is 10.00 Å². The first-order valence-electron chi connectivity index (χ1n) is 6.63. The summed E-state index contributed by atoms with van der Waals surface area (Å²) in [5.74, 6) is 0.441. The van der Waals surface area contributed by atoms with E-state index >= 15 is 0 Å². The smallest absolute Gasteiger partial charge is 0.290 e. The van der Waals surface area contributed by atoms with Crippen molar-refractivity contribution in [3.05, 3.63) is 33.9 Å². The van der Waals surface area contributed by atoms with E-state index in [1.165, 1.54) is 25.0 Å². The average molecular weight is 275 g/mol. The molecule has 0 aromatic heterocycles. The number of rotatable bonds is 5. The van der Waals surface area contributed by atoms with E-state index in [-0.39, 0.29) is 11.3 Å². The number of nitro benzene ring substituents is 1. The summed E-state index contributed by atoms with van der Waals surface area (Å²) in [7, 11) is 2.10. The van der Waals surface area contributed by atoms with E-state index in [0.717, 1.165) is 13.0 Å². The van der Waals surface area contributed by atoms with Gasteiger partial charge in [-0.2, -0.15) is 5.26 Å². The minimum Gasteiger partial charge on any atom is -0.493 e. The molecule has 106 valence electrons. The Labute approximate surface area is 117 Å². The van der Waals surface area contributed by atoms with Crippen LogP contribution in [-0.2, 0) is 0 Å². The highest BCUT2D eigenvalue weighted by Gasteiger charge is 2.20. The zero-order valence-electron chi connectivity index (χ0n) is 11.4. The SMILES string of the molecule is CN1CCCC1CCOc1ccc(C#N)c([N+](=O)[O-])c1. The van der Waals surface area contributed by atoms with E-state index in [1.54, 1.807) is 12.1 Å². The summed E-state index contributed by atoms with van der Waals surface area (Å²) in [4.78, 5) is 12.6. The van der Waals surface area contributed by atoms with E-state index in [1.807, 2.05) is 0 Å². The number of benzene rings is 1. The lowest BCUT2D eigenvalue weighted by Gasteiger charge is -2.19. The summed E-state index contributed by atoms with van der Waals surface area (Å²) in [5.41, 5.74) is -0.152. The molecule has 0 saturated carbocycles. The van der Waals surface area contributed by atoms with Gasteiger partial charge in [0.2, 0.25) is 0 Å². The predicted molar refractivity (Wildman–Crippen MR) is 73.6 cm³/mol. The van der Waals surface area contributed by atoms with Gasteiger partial charge in [-0.1, -0.05) is 0 Å². The van der Waals surface area contributed by atoms with Crippen molar-refractivity contribution in [3.63, 3.8) is 0 Å². The van der Waals surface area contributed by atoms with Crippen molar-refractivity contribution >= 4 is 5.69 Å². The van der Waals surface area contributed by atoms with Crippen LogP contribution in [0.15, 0.2) is 18.2 Å². The third-order valence-corrected chi connectivity index (χ3v) is 3.68. The van der Waals surface area contributed by atoms with Crippen molar-refractivity contribution in [2.75, 3.05) is 20.2 Å². The molecule has 1 aromatic carbocycles. The summed E-state index contributed by atoms with van der Waals surface area (Å²) in [5, 5.41) is 19.7. The molecule has 1 fully saturated rings. The molecule has 1 aliphatic rings. The summed E-state index contributed by atoms with van der Waals surface area (Å²) in [6, 6.07) is 6.68. The van der Waals surface area contributed by atoms with Crippen molar-refractivity contribution in [2.45, 2.75) is 25.3 Å². The van der Waals surface area contributed by atoms with Crippen molar-refractivity contribution in [1.29, 1.82) is 5.26 Å². The highest BCUT2D eigenvalue weighted by atomic mass is 16.6. The number of nitro groups is 1. The van der Waals surface area contributed by atoms with Crippen LogP contribution in [0.1, 0.15) is 24.8 Å². The first kappa shape index (κ1) is 14.3. The molecule has 0 radical (unpaired) electrons. The predicted octanol–water partition coefficient (Wildman–Crippen LogP) is 2.33. The molecular formula is C14H17N3O3. The van der Waals surface area contributed by atoms with Crippen LogP contribution < -0.4 is 4.74 Å². The minimum absolute atomic E-state index is 0.0536. The van der Waals surface area contributed by atoms with Crippen molar-refractivity contribution in [3.8, 4) is 11.8 Å². The van der Waals surface area contributed by atoms with E-state index in [9.17, 15) is 10.1 Å². The highest BCUT2D eigenvalue weighted by Crippen LogP contribution is 2.25. The van der Waals surface area contributed by atoms with Crippen molar-refractivity contribution in [1.82, 2.24) is 4.90 Å². The zero-order chi connectivity index (χ0) is 14.5. The lowest BCUT2D eigenvalue weighted by atomic mass is 10.1. The molecule has 2 rings (SSSR count). The first-order valence-corrected chi connectivity index (χ1v) is 6.63. The topological polar surface area (TPSA) is 79.4 Å². The number of nitrogens with zero attached hydrogens (tertiary/aromatic N) is 3. The second kappa shape index (κ2) is 6.35.